The number of hydrogen-bond acceptors (Lipinski definition) is 8. The van der Waals surface area contributed by atoms with Crippen LogP contribution >= 0.6 is 0 Å². The number of ether oxygens (including phenoxy) is 1. The minimum Gasteiger partial charge on any atom is -0.508 e. The summed E-state index contributed by atoms with van der Waals surface area (Å²) >= 11 is 0. The molecule has 9 nitrogen and oxygen atoms in total. The van der Waals surface area contributed by atoms with Crippen molar-refractivity contribution in [3.8, 4) is 5.75 Å². The molecular weight excluding hydrogens is 442 g/mol. The summed E-state index contributed by atoms with van der Waals surface area (Å²) in [5.74, 6) is 1.49. The molecule has 0 saturated carbocycles. The van der Waals surface area contributed by atoms with E-state index in [-0.39, 0.29) is 11.8 Å². The zero-order valence-corrected chi connectivity index (χ0v) is 20.1. The third kappa shape index (κ3) is 5.30. The molecule has 1 aliphatic heterocycles. The van der Waals surface area contributed by atoms with Crippen LogP contribution in [0.2, 0.25) is 0 Å². The van der Waals surface area contributed by atoms with Crippen LogP contribution in [0.5, 0.6) is 5.75 Å². The molecule has 0 amide bonds. The highest BCUT2D eigenvalue weighted by atomic mass is 16.5. The first-order valence-electron chi connectivity index (χ1n) is 12.0. The zero-order chi connectivity index (χ0) is 24.2. The van der Waals surface area contributed by atoms with Gasteiger partial charge in [-0.05, 0) is 62.2 Å². The Bertz CT molecular complexity index is 1260. The lowest BCUT2D eigenvalue weighted by atomic mass is 10.1. The maximum atomic E-state index is 9.50. The van der Waals surface area contributed by atoms with Crippen LogP contribution in [-0.4, -0.2) is 57.5 Å². The quantitative estimate of drug-likeness (QED) is 0.347. The molecule has 35 heavy (non-hydrogen) atoms. The molecule has 1 aliphatic rings. The largest absolute Gasteiger partial charge is 0.508 e. The zero-order valence-electron chi connectivity index (χ0n) is 20.1. The highest BCUT2D eigenvalue weighted by Gasteiger charge is 2.16. The summed E-state index contributed by atoms with van der Waals surface area (Å²) in [6.07, 6.45) is 2.61. The number of hydrogen-bond donors (Lipinski definition) is 3. The second-order valence-electron chi connectivity index (χ2n) is 8.93. The Kier molecular flexibility index (Phi) is 6.67. The highest BCUT2D eigenvalue weighted by molar-refractivity contribution is 5.85. The maximum Gasteiger partial charge on any atom is 0.231 e. The summed E-state index contributed by atoms with van der Waals surface area (Å²) < 4.78 is 7.50. The van der Waals surface area contributed by atoms with Crippen molar-refractivity contribution in [2.75, 3.05) is 48.4 Å². The molecule has 9 heteroatoms. The fourth-order valence-electron chi connectivity index (χ4n) is 4.17. The van der Waals surface area contributed by atoms with E-state index in [0.29, 0.717) is 18.3 Å². The van der Waals surface area contributed by atoms with Crippen molar-refractivity contribution in [3.05, 3.63) is 60.4 Å². The van der Waals surface area contributed by atoms with E-state index >= 15 is 0 Å². The summed E-state index contributed by atoms with van der Waals surface area (Å²) in [5.41, 5.74) is 4.77. The van der Waals surface area contributed by atoms with Gasteiger partial charge in [-0.1, -0.05) is 12.1 Å². The predicted molar refractivity (Wildman–Crippen MR) is 139 cm³/mol. The summed E-state index contributed by atoms with van der Waals surface area (Å²) in [6.45, 7) is 8.24. The maximum absolute atomic E-state index is 9.50. The molecule has 182 valence electrons. The van der Waals surface area contributed by atoms with Gasteiger partial charge in [0.15, 0.2) is 17.0 Å². The van der Waals surface area contributed by atoms with Gasteiger partial charge in [0, 0.05) is 37.1 Å². The molecule has 2 aromatic heterocycles. The van der Waals surface area contributed by atoms with Crippen LogP contribution in [0.4, 0.5) is 23.1 Å². The SMILES string of the molecule is CC(C)n1cnc2c(NCCc3ccc(O)cc3)nc(Nc3ccc(N4CCOCC4)cc3)nc21. The Hall–Kier alpha value is -3.85. The Morgan fingerprint density at radius 2 is 1.74 bits per heavy atom. The summed E-state index contributed by atoms with van der Waals surface area (Å²) in [4.78, 5) is 16.4. The highest BCUT2D eigenvalue weighted by Crippen LogP contribution is 2.26. The first kappa shape index (κ1) is 22.9. The lowest BCUT2D eigenvalue weighted by Crippen LogP contribution is -2.36. The lowest BCUT2D eigenvalue weighted by Gasteiger charge is -2.28. The number of phenols is 1. The summed E-state index contributed by atoms with van der Waals surface area (Å²) in [5, 5.41) is 16.3. The number of anilines is 4. The second-order valence-corrected chi connectivity index (χ2v) is 8.93. The lowest BCUT2D eigenvalue weighted by molar-refractivity contribution is 0.122. The molecule has 1 fully saturated rings. The molecule has 0 spiro atoms. The van der Waals surface area contributed by atoms with E-state index in [1.165, 1.54) is 5.69 Å². The molecule has 5 rings (SSSR count). The van der Waals surface area contributed by atoms with Gasteiger partial charge in [0.25, 0.3) is 0 Å². The van der Waals surface area contributed by atoms with Gasteiger partial charge >= 0.3 is 0 Å². The minimum absolute atomic E-state index is 0.223. The fourth-order valence-corrected chi connectivity index (χ4v) is 4.17. The van der Waals surface area contributed by atoms with Gasteiger partial charge in [-0.2, -0.15) is 9.97 Å². The van der Waals surface area contributed by atoms with Crippen LogP contribution in [0.3, 0.4) is 0 Å². The molecule has 1 saturated heterocycles. The van der Waals surface area contributed by atoms with E-state index in [1.807, 2.05) is 18.5 Å². The molecule has 4 aromatic rings. The van der Waals surface area contributed by atoms with Gasteiger partial charge in [-0.25, -0.2) is 4.98 Å². The number of rotatable bonds is 8. The van der Waals surface area contributed by atoms with Crippen LogP contribution < -0.4 is 15.5 Å². The molecule has 0 aliphatic carbocycles. The van der Waals surface area contributed by atoms with E-state index in [9.17, 15) is 5.11 Å². The molecule has 2 aromatic carbocycles. The van der Waals surface area contributed by atoms with Crippen molar-refractivity contribution in [1.29, 1.82) is 0 Å². The van der Waals surface area contributed by atoms with Crippen LogP contribution in [0, 0.1) is 0 Å². The number of fused-ring (bicyclic) bond motifs is 1. The topological polar surface area (TPSA) is 100 Å². The van der Waals surface area contributed by atoms with E-state index in [2.05, 4.69) is 63.2 Å². The summed E-state index contributed by atoms with van der Waals surface area (Å²) in [6, 6.07) is 15.8. The van der Waals surface area contributed by atoms with E-state index in [1.54, 1.807) is 12.1 Å². The minimum atomic E-state index is 0.223. The standard InChI is InChI=1S/C26H31N7O2/c1-18(2)33-17-28-23-24(27-12-11-19-3-9-22(34)10-4-19)30-26(31-25(23)33)29-20-5-7-21(8-6-20)32-13-15-35-16-14-32/h3-10,17-18,34H,11-16H2,1-2H3,(H2,27,29,30,31). The number of aromatic hydroxyl groups is 1. The Labute approximate surface area is 204 Å². The Balaban J connectivity index is 1.36. The molecule has 3 N–H and O–H groups in total. The molecule has 0 unspecified atom stereocenters. The van der Waals surface area contributed by atoms with Gasteiger partial charge in [-0.15, -0.1) is 0 Å². The van der Waals surface area contributed by atoms with Crippen LogP contribution in [0.1, 0.15) is 25.5 Å². The number of imidazole rings is 1. The van der Waals surface area contributed by atoms with Crippen molar-refractivity contribution in [1.82, 2.24) is 19.5 Å². The average Bonchev–Trinajstić information content (AvgIpc) is 3.31. The molecular formula is C26H31N7O2. The monoisotopic (exact) mass is 473 g/mol. The first-order chi connectivity index (χ1) is 17.1. The third-order valence-corrected chi connectivity index (χ3v) is 6.12. The number of morpholine rings is 1. The molecule has 3 heterocycles. The average molecular weight is 474 g/mol. The normalized spacial score (nSPS) is 14.0. The molecule has 0 atom stereocenters. The van der Waals surface area contributed by atoms with Crippen molar-refractivity contribution in [2.24, 2.45) is 0 Å². The van der Waals surface area contributed by atoms with E-state index in [0.717, 1.165) is 55.1 Å². The third-order valence-electron chi connectivity index (χ3n) is 6.12. The number of nitrogens with zero attached hydrogens (tertiary/aromatic N) is 5. The van der Waals surface area contributed by atoms with Gasteiger partial charge in [-0.3, -0.25) is 0 Å². The number of nitrogens with one attached hydrogen (secondary N) is 2. The Morgan fingerprint density at radius 3 is 2.46 bits per heavy atom. The van der Waals surface area contributed by atoms with Gasteiger partial charge in [0.1, 0.15) is 5.75 Å². The molecule has 0 radical (unpaired) electrons. The Morgan fingerprint density at radius 1 is 1.00 bits per heavy atom. The van der Waals surface area contributed by atoms with Crippen molar-refractivity contribution >= 4 is 34.3 Å². The predicted octanol–water partition coefficient (Wildman–Crippen LogP) is 4.35. The number of benzene rings is 2. The fraction of sp³-hybridized carbons (Fsp3) is 0.346. The number of phenolic OH excluding ortho intramolecular Hbond substituents is 1. The summed E-state index contributed by atoms with van der Waals surface area (Å²) in [7, 11) is 0. The first-order valence-corrected chi connectivity index (χ1v) is 12.0. The van der Waals surface area contributed by atoms with Crippen LogP contribution in [0.25, 0.3) is 11.2 Å². The van der Waals surface area contributed by atoms with Gasteiger partial charge in [0.2, 0.25) is 5.95 Å². The van der Waals surface area contributed by atoms with Crippen molar-refractivity contribution in [3.63, 3.8) is 0 Å². The van der Waals surface area contributed by atoms with E-state index in [4.69, 9.17) is 14.7 Å². The van der Waals surface area contributed by atoms with Crippen LogP contribution in [0.15, 0.2) is 54.9 Å². The van der Waals surface area contributed by atoms with Gasteiger partial charge < -0.3 is 29.9 Å². The van der Waals surface area contributed by atoms with Crippen molar-refractivity contribution in [2.45, 2.75) is 26.3 Å². The second kappa shape index (κ2) is 10.2. The van der Waals surface area contributed by atoms with Crippen LogP contribution in [-0.2, 0) is 11.2 Å². The smallest absolute Gasteiger partial charge is 0.231 e. The van der Waals surface area contributed by atoms with Gasteiger partial charge in [0.05, 0.1) is 19.5 Å². The van der Waals surface area contributed by atoms with Crippen molar-refractivity contribution < 1.29 is 9.84 Å². The van der Waals surface area contributed by atoms with E-state index < -0.39 is 0 Å². The number of aromatic nitrogens is 4. The molecule has 0 bridgehead atoms.